The summed E-state index contributed by atoms with van der Waals surface area (Å²) in [5.41, 5.74) is 11.0. The lowest BCUT2D eigenvalue weighted by molar-refractivity contribution is 1.16. The monoisotopic (exact) mass is 367 g/mol. The fraction of sp³-hybridized carbons (Fsp3) is 0.0435. The summed E-state index contributed by atoms with van der Waals surface area (Å²) >= 11 is 0. The van der Waals surface area contributed by atoms with Crippen LogP contribution in [0.1, 0.15) is 11.1 Å². The van der Waals surface area contributed by atoms with Gasteiger partial charge in [-0.2, -0.15) is 0 Å². The summed E-state index contributed by atoms with van der Waals surface area (Å²) in [6, 6.07) is 28.2. The van der Waals surface area contributed by atoms with Crippen LogP contribution in [0.15, 0.2) is 91.3 Å². The molecule has 0 atom stereocenters. The zero-order valence-corrected chi connectivity index (χ0v) is 15.3. The molecule has 0 fully saturated rings. The average molecular weight is 367 g/mol. The molecule has 5 heteroatoms. The van der Waals surface area contributed by atoms with Crippen molar-refractivity contribution in [3.8, 4) is 0 Å². The minimum absolute atomic E-state index is 0.698. The molecule has 138 valence electrons. The lowest BCUT2D eigenvalue weighted by Crippen LogP contribution is -1.99. The van der Waals surface area contributed by atoms with Gasteiger partial charge in [-0.15, -0.1) is 0 Å². The zero-order valence-electron chi connectivity index (χ0n) is 15.3. The summed E-state index contributed by atoms with van der Waals surface area (Å²) in [5.74, 6) is 1.42. The van der Waals surface area contributed by atoms with Gasteiger partial charge in [-0.1, -0.05) is 48.5 Å². The van der Waals surface area contributed by atoms with Gasteiger partial charge in [0.05, 0.1) is 0 Å². The number of nitrogens with one attached hydrogen (secondary N) is 2. The van der Waals surface area contributed by atoms with Gasteiger partial charge in [0.25, 0.3) is 0 Å². The van der Waals surface area contributed by atoms with Crippen LogP contribution in [-0.4, -0.2) is 9.97 Å². The van der Waals surface area contributed by atoms with Crippen LogP contribution in [0.3, 0.4) is 0 Å². The summed E-state index contributed by atoms with van der Waals surface area (Å²) in [5, 5.41) is 6.55. The van der Waals surface area contributed by atoms with Crippen molar-refractivity contribution in [3.05, 3.63) is 102 Å². The van der Waals surface area contributed by atoms with E-state index in [9.17, 15) is 0 Å². The molecule has 0 unspecified atom stereocenters. The first kappa shape index (κ1) is 17.5. The molecule has 0 spiro atoms. The summed E-state index contributed by atoms with van der Waals surface area (Å²) in [6.07, 6.45) is 2.45. The molecular weight excluding hydrogens is 346 g/mol. The Kier molecular flexibility index (Phi) is 5.15. The van der Waals surface area contributed by atoms with Crippen molar-refractivity contribution in [1.82, 2.24) is 9.97 Å². The molecule has 0 aliphatic rings. The van der Waals surface area contributed by atoms with Crippen LogP contribution in [-0.2, 0) is 6.42 Å². The number of hydrogen-bond donors (Lipinski definition) is 3. The van der Waals surface area contributed by atoms with Crippen molar-refractivity contribution in [2.45, 2.75) is 6.42 Å². The summed E-state index contributed by atoms with van der Waals surface area (Å²) in [6.45, 7) is 0. The normalized spacial score (nSPS) is 10.4. The molecule has 0 saturated heterocycles. The molecule has 4 N–H and O–H groups in total. The third-order valence-corrected chi connectivity index (χ3v) is 4.30. The van der Waals surface area contributed by atoms with Crippen LogP contribution in [0.2, 0.25) is 0 Å². The van der Waals surface area contributed by atoms with E-state index in [0.717, 1.165) is 23.6 Å². The van der Waals surface area contributed by atoms with E-state index in [1.165, 1.54) is 17.5 Å². The van der Waals surface area contributed by atoms with Gasteiger partial charge >= 0.3 is 0 Å². The molecule has 0 amide bonds. The van der Waals surface area contributed by atoms with Crippen molar-refractivity contribution < 1.29 is 0 Å². The molecule has 1 aromatic heterocycles. The fourth-order valence-electron chi connectivity index (χ4n) is 2.94. The highest BCUT2D eigenvalue weighted by atomic mass is 15.1. The summed E-state index contributed by atoms with van der Waals surface area (Å²) < 4.78 is 0. The zero-order chi connectivity index (χ0) is 19.2. The van der Waals surface area contributed by atoms with Gasteiger partial charge in [-0.05, 0) is 47.9 Å². The first-order valence-corrected chi connectivity index (χ1v) is 9.09. The molecule has 0 aliphatic carbocycles. The molecule has 3 aromatic carbocycles. The molecule has 4 rings (SSSR count). The molecule has 0 saturated carbocycles. The van der Waals surface area contributed by atoms with Gasteiger partial charge in [-0.3, -0.25) is 0 Å². The van der Waals surface area contributed by atoms with Crippen molar-refractivity contribution in [3.63, 3.8) is 0 Å². The molecule has 4 aromatic rings. The van der Waals surface area contributed by atoms with Gasteiger partial charge in [-0.25, -0.2) is 9.97 Å². The van der Waals surface area contributed by atoms with Crippen LogP contribution in [0.4, 0.5) is 28.7 Å². The van der Waals surface area contributed by atoms with Crippen molar-refractivity contribution in [2.75, 3.05) is 16.4 Å². The van der Waals surface area contributed by atoms with Gasteiger partial charge in [0.1, 0.15) is 18.0 Å². The van der Waals surface area contributed by atoms with Gasteiger partial charge < -0.3 is 16.4 Å². The van der Waals surface area contributed by atoms with Crippen LogP contribution in [0.5, 0.6) is 0 Å². The Labute approximate surface area is 164 Å². The van der Waals surface area contributed by atoms with E-state index in [2.05, 4.69) is 69.1 Å². The highest BCUT2D eigenvalue weighted by Crippen LogP contribution is 2.21. The fourth-order valence-corrected chi connectivity index (χ4v) is 2.94. The molecule has 0 radical (unpaired) electrons. The Morgan fingerprint density at radius 1 is 0.643 bits per heavy atom. The van der Waals surface area contributed by atoms with Crippen LogP contribution < -0.4 is 16.4 Å². The second-order valence-electron chi connectivity index (χ2n) is 6.52. The second kappa shape index (κ2) is 8.22. The van der Waals surface area contributed by atoms with Crippen LogP contribution >= 0.6 is 0 Å². The number of aromatic nitrogens is 2. The maximum atomic E-state index is 5.82. The van der Waals surface area contributed by atoms with E-state index in [1.807, 2.05) is 36.4 Å². The second-order valence-corrected chi connectivity index (χ2v) is 6.52. The molecule has 28 heavy (non-hydrogen) atoms. The molecular formula is C23H21N5. The average Bonchev–Trinajstić information content (AvgIpc) is 2.71. The Hall–Kier alpha value is -3.86. The molecule has 1 heterocycles. The van der Waals surface area contributed by atoms with E-state index < -0.39 is 0 Å². The summed E-state index contributed by atoms with van der Waals surface area (Å²) in [4.78, 5) is 8.56. The highest BCUT2D eigenvalue weighted by Gasteiger charge is 2.02. The summed E-state index contributed by atoms with van der Waals surface area (Å²) in [7, 11) is 0. The van der Waals surface area contributed by atoms with E-state index in [1.54, 1.807) is 0 Å². The standard InChI is InChI=1S/C23H21N5/c24-19-7-4-8-21(14-19)28-23-15-22(25-16-26-23)27-20-11-9-18(10-12-20)13-17-5-2-1-3-6-17/h1-12,14-16H,13,24H2,(H2,25,26,27,28). The maximum absolute atomic E-state index is 5.82. The third kappa shape index (κ3) is 4.65. The van der Waals surface area contributed by atoms with Gasteiger partial charge in [0, 0.05) is 23.1 Å². The Bertz CT molecular complexity index is 1050. The molecule has 0 aliphatic heterocycles. The maximum Gasteiger partial charge on any atom is 0.135 e. The topological polar surface area (TPSA) is 75.9 Å². The third-order valence-electron chi connectivity index (χ3n) is 4.30. The lowest BCUT2D eigenvalue weighted by atomic mass is 10.0. The van der Waals surface area contributed by atoms with Gasteiger partial charge in [0.15, 0.2) is 0 Å². The Morgan fingerprint density at radius 3 is 2.04 bits per heavy atom. The van der Waals surface area contributed by atoms with Crippen LogP contribution in [0.25, 0.3) is 0 Å². The molecule has 5 nitrogen and oxygen atoms in total. The first-order valence-electron chi connectivity index (χ1n) is 9.09. The number of nitrogens with two attached hydrogens (primary N) is 1. The number of nitrogen functional groups attached to an aromatic ring is 1. The van der Waals surface area contributed by atoms with E-state index in [4.69, 9.17) is 5.73 Å². The van der Waals surface area contributed by atoms with E-state index >= 15 is 0 Å². The quantitative estimate of drug-likeness (QED) is 0.412. The van der Waals surface area contributed by atoms with E-state index in [-0.39, 0.29) is 0 Å². The first-order chi connectivity index (χ1) is 13.7. The smallest absolute Gasteiger partial charge is 0.135 e. The van der Waals surface area contributed by atoms with Crippen molar-refractivity contribution >= 4 is 28.7 Å². The lowest BCUT2D eigenvalue weighted by Gasteiger charge is -2.10. The predicted molar refractivity (Wildman–Crippen MR) is 115 cm³/mol. The van der Waals surface area contributed by atoms with Crippen molar-refractivity contribution in [1.29, 1.82) is 0 Å². The highest BCUT2D eigenvalue weighted by molar-refractivity contribution is 5.65. The van der Waals surface area contributed by atoms with Crippen molar-refractivity contribution in [2.24, 2.45) is 0 Å². The Balaban J connectivity index is 1.42. The Morgan fingerprint density at radius 2 is 1.32 bits per heavy atom. The minimum atomic E-state index is 0.698. The number of benzene rings is 3. The molecule has 0 bridgehead atoms. The number of hydrogen-bond acceptors (Lipinski definition) is 5. The minimum Gasteiger partial charge on any atom is -0.399 e. The van der Waals surface area contributed by atoms with Gasteiger partial charge in [0.2, 0.25) is 0 Å². The SMILES string of the molecule is Nc1cccc(Nc2cc(Nc3ccc(Cc4ccccc4)cc3)ncn2)c1. The number of anilines is 5. The van der Waals surface area contributed by atoms with Crippen LogP contribution in [0, 0.1) is 0 Å². The van der Waals surface area contributed by atoms with E-state index in [0.29, 0.717) is 11.5 Å². The largest absolute Gasteiger partial charge is 0.399 e. The number of rotatable bonds is 6. The predicted octanol–water partition coefficient (Wildman–Crippen LogP) is 5.14. The number of nitrogens with zero attached hydrogens (tertiary/aromatic N) is 2.